The molecule has 0 aliphatic heterocycles. The fraction of sp³-hybridized carbons (Fsp3) is 0.0769. The molecule has 80 valence electrons. The Morgan fingerprint density at radius 2 is 1.62 bits per heavy atom. The summed E-state index contributed by atoms with van der Waals surface area (Å²) in [5, 5.41) is 2.53. The molecule has 0 fully saturated rings. The number of hydrogen-bond acceptors (Lipinski definition) is 3. The molecule has 0 saturated carbocycles. The second kappa shape index (κ2) is 3.56. The summed E-state index contributed by atoms with van der Waals surface area (Å²) in [5.41, 5.74) is 12.6. The van der Waals surface area contributed by atoms with Crippen molar-refractivity contribution >= 4 is 31.5 Å². The van der Waals surface area contributed by atoms with Crippen LogP contribution in [0.4, 0.5) is 0 Å². The van der Waals surface area contributed by atoms with Crippen molar-refractivity contribution in [2.24, 2.45) is 11.5 Å². The van der Waals surface area contributed by atoms with Crippen LogP contribution in [-0.2, 0) is 0 Å². The van der Waals surface area contributed by atoms with Crippen molar-refractivity contribution in [3.63, 3.8) is 0 Å². The van der Waals surface area contributed by atoms with Crippen LogP contribution < -0.4 is 11.5 Å². The molecule has 0 unspecified atom stereocenters. The van der Waals surface area contributed by atoms with Crippen molar-refractivity contribution in [3.05, 3.63) is 48.0 Å². The highest BCUT2D eigenvalue weighted by atomic mass is 32.1. The smallest absolute Gasteiger partial charge is 0.0798 e. The van der Waals surface area contributed by atoms with Crippen LogP contribution in [0, 0.1) is 0 Å². The van der Waals surface area contributed by atoms with Gasteiger partial charge in [-0.2, -0.15) is 0 Å². The lowest BCUT2D eigenvalue weighted by Crippen LogP contribution is -2.19. The van der Waals surface area contributed by atoms with E-state index in [1.807, 2.05) is 12.1 Å². The van der Waals surface area contributed by atoms with E-state index in [-0.39, 0.29) is 0 Å². The standard InChI is InChI=1S/C13H12N2S/c14-13(15)10-6-3-5-9-8-4-1-2-7-11(8)16-12(9)10/h1-7,13H,14-15H2. The highest BCUT2D eigenvalue weighted by Crippen LogP contribution is 2.36. The van der Waals surface area contributed by atoms with E-state index in [1.54, 1.807) is 11.3 Å². The Kier molecular flexibility index (Phi) is 2.17. The summed E-state index contributed by atoms with van der Waals surface area (Å²) in [6.07, 6.45) is -0.406. The molecule has 0 aliphatic carbocycles. The van der Waals surface area contributed by atoms with Crippen molar-refractivity contribution < 1.29 is 0 Å². The van der Waals surface area contributed by atoms with Gasteiger partial charge < -0.3 is 11.5 Å². The summed E-state index contributed by atoms with van der Waals surface area (Å²) in [7, 11) is 0. The molecule has 0 spiro atoms. The van der Waals surface area contributed by atoms with Gasteiger partial charge in [-0.1, -0.05) is 36.4 Å². The van der Waals surface area contributed by atoms with Crippen LogP contribution in [0.5, 0.6) is 0 Å². The van der Waals surface area contributed by atoms with Gasteiger partial charge >= 0.3 is 0 Å². The molecule has 0 bridgehead atoms. The van der Waals surface area contributed by atoms with Gasteiger partial charge in [-0.15, -0.1) is 11.3 Å². The zero-order valence-corrected chi connectivity index (χ0v) is 9.50. The molecule has 2 aromatic carbocycles. The third kappa shape index (κ3) is 1.33. The summed E-state index contributed by atoms with van der Waals surface area (Å²) < 4.78 is 2.49. The highest BCUT2D eigenvalue weighted by Gasteiger charge is 2.10. The second-order valence-corrected chi connectivity index (χ2v) is 4.90. The number of nitrogens with two attached hydrogens (primary N) is 2. The molecular formula is C13H12N2S. The SMILES string of the molecule is NC(N)c1cccc2c1sc1ccccc12. The van der Waals surface area contributed by atoms with Gasteiger partial charge in [0.1, 0.15) is 0 Å². The van der Waals surface area contributed by atoms with Gasteiger partial charge in [0.2, 0.25) is 0 Å². The molecule has 16 heavy (non-hydrogen) atoms. The summed E-state index contributed by atoms with van der Waals surface area (Å²) in [5.74, 6) is 0. The summed E-state index contributed by atoms with van der Waals surface area (Å²) in [4.78, 5) is 0. The molecule has 0 radical (unpaired) electrons. The minimum Gasteiger partial charge on any atom is -0.312 e. The quantitative estimate of drug-likeness (QED) is 0.629. The predicted octanol–water partition coefficient (Wildman–Crippen LogP) is 2.97. The lowest BCUT2D eigenvalue weighted by atomic mass is 10.1. The van der Waals surface area contributed by atoms with Crippen LogP contribution in [0.15, 0.2) is 42.5 Å². The van der Waals surface area contributed by atoms with Crippen molar-refractivity contribution in [1.29, 1.82) is 0 Å². The van der Waals surface area contributed by atoms with Crippen molar-refractivity contribution in [2.45, 2.75) is 6.17 Å². The molecule has 0 amide bonds. The minimum atomic E-state index is -0.406. The maximum absolute atomic E-state index is 5.79. The van der Waals surface area contributed by atoms with Gasteiger partial charge in [-0.25, -0.2) is 0 Å². The topological polar surface area (TPSA) is 52.0 Å². The molecule has 3 rings (SSSR count). The largest absolute Gasteiger partial charge is 0.312 e. The fourth-order valence-electron chi connectivity index (χ4n) is 2.03. The van der Waals surface area contributed by atoms with E-state index in [1.165, 1.54) is 20.2 Å². The normalized spacial score (nSPS) is 11.7. The zero-order valence-electron chi connectivity index (χ0n) is 8.68. The first kappa shape index (κ1) is 9.78. The van der Waals surface area contributed by atoms with Crippen LogP contribution in [0.1, 0.15) is 11.7 Å². The van der Waals surface area contributed by atoms with Crippen LogP contribution >= 0.6 is 11.3 Å². The van der Waals surface area contributed by atoms with Crippen LogP contribution in [-0.4, -0.2) is 0 Å². The molecule has 3 aromatic rings. The monoisotopic (exact) mass is 228 g/mol. The van der Waals surface area contributed by atoms with Gasteiger partial charge in [0, 0.05) is 25.7 Å². The van der Waals surface area contributed by atoms with Gasteiger partial charge in [0.25, 0.3) is 0 Å². The van der Waals surface area contributed by atoms with E-state index in [0.717, 1.165) is 5.56 Å². The first-order chi connectivity index (χ1) is 7.77. The Balaban J connectivity index is 2.49. The molecular weight excluding hydrogens is 216 g/mol. The van der Waals surface area contributed by atoms with Crippen molar-refractivity contribution in [2.75, 3.05) is 0 Å². The van der Waals surface area contributed by atoms with E-state index < -0.39 is 6.17 Å². The maximum Gasteiger partial charge on any atom is 0.0798 e. The third-order valence-corrected chi connectivity index (χ3v) is 4.03. The minimum absolute atomic E-state index is 0.406. The molecule has 3 heteroatoms. The number of fused-ring (bicyclic) bond motifs is 3. The van der Waals surface area contributed by atoms with E-state index >= 15 is 0 Å². The molecule has 0 atom stereocenters. The molecule has 1 aromatic heterocycles. The van der Waals surface area contributed by atoms with Crippen molar-refractivity contribution in [3.8, 4) is 0 Å². The number of hydrogen-bond donors (Lipinski definition) is 2. The molecule has 2 nitrogen and oxygen atoms in total. The fourth-order valence-corrected chi connectivity index (χ4v) is 3.30. The maximum atomic E-state index is 5.79. The number of thiophene rings is 1. The van der Waals surface area contributed by atoms with Gasteiger partial charge in [-0.3, -0.25) is 0 Å². The highest BCUT2D eigenvalue weighted by molar-refractivity contribution is 7.26. The lowest BCUT2D eigenvalue weighted by Gasteiger charge is -2.06. The van der Waals surface area contributed by atoms with Crippen LogP contribution in [0.25, 0.3) is 20.2 Å². The summed E-state index contributed by atoms with van der Waals surface area (Å²) >= 11 is 1.76. The molecule has 0 aliphatic rings. The Hall–Kier alpha value is -1.42. The zero-order chi connectivity index (χ0) is 11.1. The first-order valence-electron chi connectivity index (χ1n) is 5.18. The van der Waals surface area contributed by atoms with Gasteiger partial charge in [0.05, 0.1) is 6.17 Å². The summed E-state index contributed by atoms with van der Waals surface area (Å²) in [6, 6.07) is 14.5. The molecule has 0 saturated heterocycles. The van der Waals surface area contributed by atoms with Gasteiger partial charge in [-0.05, 0) is 6.07 Å². The average Bonchev–Trinajstić information content (AvgIpc) is 2.67. The van der Waals surface area contributed by atoms with E-state index in [4.69, 9.17) is 11.5 Å². The Morgan fingerprint density at radius 1 is 0.875 bits per heavy atom. The van der Waals surface area contributed by atoms with E-state index in [9.17, 15) is 0 Å². The Bertz CT molecular complexity index is 655. The third-order valence-electron chi connectivity index (χ3n) is 2.79. The molecule has 1 heterocycles. The first-order valence-corrected chi connectivity index (χ1v) is 6.00. The molecule has 4 N–H and O–H groups in total. The van der Waals surface area contributed by atoms with Gasteiger partial charge in [0.15, 0.2) is 0 Å². The predicted molar refractivity (Wildman–Crippen MR) is 70.4 cm³/mol. The van der Waals surface area contributed by atoms with E-state index in [0.29, 0.717) is 0 Å². The van der Waals surface area contributed by atoms with Crippen molar-refractivity contribution in [1.82, 2.24) is 0 Å². The number of rotatable bonds is 1. The Morgan fingerprint density at radius 3 is 2.44 bits per heavy atom. The average molecular weight is 228 g/mol. The lowest BCUT2D eigenvalue weighted by molar-refractivity contribution is 0.782. The summed E-state index contributed by atoms with van der Waals surface area (Å²) in [6.45, 7) is 0. The van der Waals surface area contributed by atoms with Crippen LogP contribution in [0.2, 0.25) is 0 Å². The van der Waals surface area contributed by atoms with E-state index in [2.05, 4.69) is 30.3 Å². The second-order valence-electron chi connectivity index (χ2n) is 3.85. The Labute approximate surface area is 97.5 Å². The number of benzene rings is 2. The van der Waals surface area contributed by atoms with Crippen LogP contribution in [0.3, 0.4) is 0 Å².